The molecule has 0 saturated carbocycles. The molecule has 1 aromatic carbocycles. The molecule has 1 heterocycles. The SMILES string of the molecule is OCc1cn(Cc2ccccc2Br)nn1. The molecule has 1 aromatic heterocycles. The van der Waals surface area contributed by atoms with Crippen LogP contribution in [0.2, 0.25) is 0 Å². The highest BCUT2D eigenvalue weighted by atomic mass is 79.9. The molecule has 5 heteroatoms. The van der Waals surface area contributed by atoms with Crippen LogP contribution in [-0.2, 0) is 13.2 Å². The molecule has 0 unspecified atom stereocenters. The second-order valence-corrected chi connectivity index (χ2v) is 4.01. The van der Waals surface area contributed by atoms with Gasteiger partial charge in [-0.15, -0.1) is 5.10 Å². The summed E-state index contributed by atoms with van der Waals surface area (Å²) in [6.07, 6.45) is 1.74. The quantitative estimate of drug-likeness (QED) is 0.919. The highest BCUT2D eigenvalue weighted by molar-refractivity contribution is 9.10. The molecule has 15 heavy (non-hydrogen) atoms. The summed E-state index contributed by atoms with van der Waals surface area (Å²) in [6, 6.07) is 7.95. The highest BCUT2D eigenvalue weighted by Gasteiger charge is 2.02. The van der Waals surface area contributed by atoms with Gasteiger partial charge in [0.2, 0.25) is 0 Å². The van der Waals surface area contributed by atoms with Crippen LogP contribution < -0.4 is 0 Å². The molecule has 0 bridgehead atoms. The molecule has 0 atom stereocenters. The Labute approximate surface area is 95.7 Å². The summed E-state index contributed by atoms with van der Waals surface area (Å²) in [5.74, 6) is 0. The Morgan fingerprint density at radius 1 is 1.33 bits per heavy atom. The van der Waals surface area contributed by atoms with Crippen LogP contribution in [0.15, 0.2) is 34.9 Å². The Balaban J connectivity index is 2.18. The number of hydrogen-bond donors (Lipinski definition) is 1. The number of hydrogen-bond acceptors (Lipinski definition) is 3. The molecule has 0 amide bonds. The van der Waals surface area contributed by atoms with Gasteiger partial charge in [0.1, 0.15) is 5.69 Å². The molecule has 0 aliphatic carbocycles. The van der Waals surface area contributed by atoms with E-state index in [1.165, 1.54) is 0 Å². The normalized spacial score (nSPS) is 10.5. The standard InChI is InChI=1S/C10H10BrN3O/c11-10-4-2-1-3-8(10)5-14-6-9(7-15)12-13-14/h1-4,6,15H,5,7H2. The molecule has 0 spiro atoms. The maximum Gasteiger partial charge on any atom is 0.108 e. The van der Waals surface area contributed by atoms with Crippen molar-refractivity contribution in [2.45, 2.75) is 13.2 Å². The minimum absolute atomic E-state index is 0.0735. The van der Waals surface area contributed by atoms with Crippen molar-refractivity contribution in [3.8, 4) is 0 Å². The Morgan fingerprint density at radius 2 is 2.13 bits per heavy atom. The summed E-state index contributed by atoms with van der Waals surface area (Å²) in [5, 5.41) is 16.6. The van der Waals surface area contributed by atoms with E-state index in [0.29, 0.717) is 12.2 Å². The summed E-state index contributed by atoms with van der Waals surface area (Å²) in [7, 11) is 0. The lowest BCUT2D eigenvalue weighted by molar-refractivity contribution is 0.276. The summed E-state index contributed by atoms with van der Waals surface area (Å²) < 4.78 is 2.75. The lowest BCUT2D eigenvalue weighted by atomic mass is 10.2. The van der Waals surface area contributed by atoms with E-state index in [1.807, 2.05) is 24.3 Å². The molecule has 0 saturated heterocycles. The van der Waals surface area contributed by atoms with Gasteiger partial charge in [-0.3, -0.25) is 0 Å². The van der Waals surface area contributed by atoms with E-state index in [0.717, 1.165) is 10.0 Å². The van der Waals surface area contributed by atoms with Crippen molar-refractivity contribution in [2.24, 2.45) is 0 Å². The van der Waals surface area contributed by atoms with Crippen molar-refractivity contribution in [3.05, 3.63) is 46.2 Å². The van der Waals surface area contributed by atoms with Crippen LogP contribution in [0.5, 0.6) is 0 Å². The minimum atomic E-state index is -0.0735. The summed E-state index contributed by atoms with van der Waals surface area (Å²) >= 11 is 3.47. The molecule has 2 aromatic rings. The molecule has 0 radical (unpaired) electrons. The second kappa shape index (κ2) is 4.55. The van der Waals surface area contributed by atoms with Crippen LogP contribution in [-0.4, -0.2) is 20.1 Å². The number of benzene rings is 1. The second-order valence-electron chi connectivity index (χ2n) is 3.16. The van der Waals surface area contributed by atoms with Gasteiger partial charge in [0.05, 0.1) is 19.3 Å². The van der Waals surface area contributed by atoms with Crippen molar-refractivity contribution in [1.82, 2.24) is 15.0 Å². The third kappa shape index (κ3) is 2.43. The number of aromatic nitrogens is 3. The van der Waals surface area contributed by atoms with E-state index in [9.17, 15) is 0 Å². The lowest BCUT2D eigenvalue weighted by Crippen LogP contribution is -2.00. The zero-order valence-electron chi connectivity index (χ0n) is 7.97. The molecule has 0 aliphatic rings. The third-order valence-corrected chi connectivity index (χ3v) is 2.81. The van der Waals surface area contributed by atoms with Crippen molar-refractivity contribution < 1.29 is 5.11 Å². The molecular weight excluding hydrogens is 258 g/mol. The highest BCUT2D eigenvalue weighted by Crippen LogP contribution is 2.16. The van der Waals surface area contributed by atoms with Crippen molar-refractivity contribution in [3.63, 3.8) is 0 Å². The maximum absolute atomic E-state index is 8.85. The Bertz CT molecular complexity index is 455. The Hall–Kier alpha value is -1.20. The lowest BCUT2D eigenvalue weighted by Gasteiger charge is -2.02. The first-order valence-corrected chi connectivity index (χ1v) is 5.32. The van der Waals surface area contributed by atoms with Crippen LogP contribution in [0.3, 0.4) is 0 Å². The average molecular weight is 268 g/mol. The summed E-state index contributed by atoms with van der Waals surface area (Å²) in [5.41, 5.74) is 1.72. The van der Waals surface area contributed by atoms with Crippen LogP contribution in [0.4, 0.5) is 0 Å². The molecule has 2 rings (SSSR count). The van der Waals surface area contributed by atoms with Crippen LogP contribution in [0.1, 0.15) is 11.3 Å². The Morgan fingerprint density at radius 3 is 2.80 bits per heavy atom. The monoisotopic (exact) mass is 267 g/mol. The first kappa shape index (κ1) is 10.3. The first-order valence-electron chi connectivity index (χ1n) is 4.53. The maximum atomic E-state index is 8.85. The van der Waals surface area contributed by atoms with Gasteiger partial charge < -0.3 is 5.11 Å². The number of halogens is 1. The van der Waals surface area contributed by atoms with Crippen LogP contribution >= 0.6 is 15.9 Å². The summed E-state index contributed by atoms with van der Waals surface area (Å²) in [6.45, 7) is 0.574. The molecule has 0 aliphatic heterocycles. The van der Waals surface area contributed by atoms with Gasteiger partial charge in [0, 0.05) is 4.47 Å². The van der Waals surface area contributed by atoms with Crippen molar-refractivity contribution in [1.29, 1.82) is 0 Å². The van der Waals surface area contributed by atoms with Gasteiger partial charge in [-0.2, -0.15) is 0 Å². The van der Waals surface area contributed by atoms with Gasteiger partial charge in [0.15, 0.2) is 0 Å². The molecular formula is C10H10BrN3O. The van der Waals surface area contributed by atoms with E-state index in [4.69, 9.17) is 5.11 Å². The number of aliphatic hydroxyl groups excluding tert-OH is 1. The zero-order valence-corrected chi connectivity index (χ0v) is 9.55. The molecule has 0 fully saturated rings. The molecule has 1 N–H and O–H groups in total. The molecule has 78 valence electrons. The van der Waals surface area contributed by atoms with Gasteiger partial charge in [0.25, 0.3) is 0 Å². The average Bonchev–Trinajstić information content (AvgIpc) is 2.69. The minimum Gasteiger partial charge on any atom is -0.390 e. The fourth-order valence-electron chi connectivity index (χ4n) is 1.29. The third-order valence-electron chi connectivity index (χ3n) is 2.04. The van der Waals surface area contributed by atoms with Gasteiger partial charge >= 0.3 is 0 Å². The van der Waals surface area contributed by atoms with Crippen LogP contribution in [0, 0.1) is 0 Å². The zero-order chi connectivity index (χ0) is 10.7. The predicted molar refractivity (Wildman–Crippen MR) is 59.2 cm³/mol. The van der Waals surface area contributed by atoms with Gasteiger partial charge in [-0.25, -0.2) is 4.68 Å². The van der Waals surface area contributed by atoms with E-state index >= 15 is 0 Å². The fourth-order valence-corrected chi connectivity index (χ4v) is 1.70. The predicted octanol–water partition coefficient (Wildman–Crippen LogP) is 1.58. The topological polar surface area (TPSA) is 50.9 Å². The number of nitrogens with zero attached hydrogens (tertiary/aromatic N) is 3. The van der Waals surface area contributed by atoms with E-state index in [2.05, 4.69) is 26.2 Å². The Kier molecular flexibility index (Phi) is 3.13. The van der Waals surface area contributed by atoms with Crippen molar-refractivity contribution >= 4 is 15.9 Å². The van der Waals surface area contributed by atoms with Gasteiger partial charge in [-0.05, 0) is 11.6 Å². The summed E-state index contributed by atoms with van der Waals surface area (Å²) in [4.78, 5) is 0. The first-order chi connectivity index (χ1) is 7.29. The smallest absolute Gasteiger partial charge is 0.108 e. The number of rotatable bonds is 3. The van der Waals surface area contributed by atoms with Crippen molar-refractivity contribution in [2.75, 3.05) is 0 Å². The van der Waals surface area contributed by atoms with Crippen LogP contribution in [0.25, 0.3) is 0 Å². The van der Waals surface area contributed by atoms with E-state index < -0.39 is 0 Å². The van der Waals surface area contributed by atoms with Gasteiger partial charge in [-0.1, -0.05) is 39.3 Å². The fraction of sp³-hybridized carbons (Fsp3) is 0.200. The molecule has 4 nitrogen and oxygen atoms in total. The largest absolute Gasteiger partial charge is 0.390 e. The van der Waals surface area contributed by atoms with E-state index in [1.54, 1.807) is 10.9 Å². The number of aliphatic hydroxyl groups is 1. The van der Waals surface area contributed by atoms with E-state index in [-0.39, 0.29) is 6.61 Å².